The average Bonchev–Trinajstić information content (AvgIpc) is 3.28. The van der Waals surface area contributed by atoms with Crippen LogP contribution in [0.2, 0.25) is 5.02 Å². The van der Waals surface area contributed by atoms with Gasteiger partial charge in [-0.1, -0.05) is 59.6 Å². The molecule has 3 aromatic carbocycles. The fourth-order valence-electron chi connectivity index (χ4n) is 7.26. The van der Waals surface area contributed by atoms with Gasteiger partial charge in [0, 0.05) is 38.8 Å². The molecule has 3 aliphatic carbocycles. The van der Waals surface area contributed by atoms with Crippen LogP contribution in [-0.4, -0.2) is 34.3 Å². The second-order valence-electron chi connectivity index (χ2n) is 11.7. The Labute approximate surface area is 258 Å². The van der Waals surface area contributed by atoms with E-state index in [0.29, 0.717) is 39.1 Å². The van der Waals surface area contributed by atoms with E-state index < -0.39 is 23.7 Å². The molecule has 0 saturated carbocycles. The maximum absolute atomic E-state index is 14.1. The smallest absolute Gasteiger partial charge is 0.238 e. The van der Waals surface area contributed by atoms with E-state index in [9.17, 15) is 29.1 Å². The van der Waals surface area contributed by atoms with E-state index in [-0.39, 0.29) is 52.8 Å². The lowest BCUT2D eigenvalue weighted by molar-refractivity contribution is -0.123. The molecule has 4 aliphatic rings. The Morgan fingerprint density at radius 2 is 1.59 bits per heavy atom. The highest BCUT2D eigenvalue weighted by molar-refractivity contribution is 6.32. The fourth-order valence-corrected chi connectivity index (χ4v) is 7.54. The number of allylic oxidation sites excluding steroid dienone is 6. The van der Waals surface area contributed by atoms with Crippen molar-refractivity contribution in [2.75, 3.05) is 4.90 Å². The van der Waals surface area contributed by atoms with Crippen LogP contribution in [0, 0.1) is 17.8 Å². The number of benzene rings is 3. The number of ketones is 3. The molecule has 0 bridgehead atoms. The summed E-state index contributed by atoms with van der Waals surface area (Å²) in [5, 5.41) is 10.2. The summed E-state index contributed by atoms with van der Waals surface area (Å²) in [5.41, 5.74) is 3.67. The van der Waals surface area contributed by atoms with Gasteiger partial charge in [0.15, 0.2) is 17.3 Å². The molecule has 0 aromatic heterocycles. The molecule has 1 heterocycles. The minimum atomic E-state index is -0.741. The fraction of sp³-hybridized carbons (Fsp3) is 0.194. The number of Topliss-reactive ketones (excluding diaryl/α,β-unsaturated/α-hetero) is 1. The van der Waals surface area contributed by atoms with E-state index in [0.717, 1.165) is 5.57 Å². The number of nitrogens with zero attached hydrogens (tertiary/aromatic N) is 1. The van der Waals surface area contributed by atoms with Gasteiger partial charge in [-0.25, -0.2) is 0 Å². The van der Waals surface area contributed by atoms with Crippen molar-refractivity contribution in [3.63, 3.8) is 0 Å². The van der Waals surface area contributed by atoms with Crippen molar-refractivity contribution >= 4 is 46.5 Å². The number of imide groups is 1. The number of phenolic OH excluding ortho intramolecular Hbond substituents is 1. The summed E-state index contributed by atoms with van der Waals surface area (Å²) in [6.07, 6.45) is 3.70. The predicted octanol–water partition coefficient (Wildman–Crippen LogP) is 5.91. The third-order valence-corrected chi connectivity index (χ3v) is 9.61. The first-order valence-corrected chi connectivity index (χ1v) is 14.8. The topological polar surface area (TPSA) is 109 Å². The molecule has 3 aromatic rings. The Balaban J connectivity index is 1.26. The monoisotopic (exact) mass is 603 g/mol. The Bertz CT molecular complexity index is 1900. The van der Waals surface area contributed by atoms with Crippen molar-refractivity contribution in [3.8, 4) is 5.75 Å². The van der Waals surface area contributed by atoms with Crippen LogP contribution in [0.25, 0.3) is 0 Å². The minimum Gasteiger partial charge on any atom is -0.508 e. The quantitative estimate of drug-likeness (QED) is 0.172. The van der Waals surface area contributed by atoms with Crippen molar-refractivity contribution in [1.82, 2.24) is 0 Å². The van der Waals surface area contributed by atoms with Crippen molar-refractivity contribution in [1.29, 1.82) is 0 Å². The first kappa shape index (κ1) is 27.9. The van der Waals surface area contributed by atoms with Crippen molar-refractivity contribution in [2.45, 2.75) is 25.7 Å². The molecule has 4 atom stereocenters. The summed E-state index contributed by atoms with van der Waals surface area (Å²) >= 11 is 6.60. The van der Waals surface area contributed by atoms with E-state index in [4.69, 9.17) is 11.6 Å². The first-order chi connectivity index (χ1) is 21.2. The summed E-state index contributed by atoms with van der Waals surface area (Å²) in [6, 6.07) is 19.8. The number of anilines is 1. The molecule has 7 nitrogen and oxygen atoms in total. The number of fused-ring (bicyclic) bond motifs is 3. The predicted molar refractivity (Wildman–Crippen MR) is 163 cm³/mol. The summed E-state index contributed by atoms with van der Waals surface area (Å²) < 4.78 is 0. The number of halogens is 1. The molecule has 1 saturated heterocycles. The van der Waals surface area contributed by atoms with Gasteiger partial charge < -0.3 is 5.11 Å². The number of hydrogen-bond acceptors (Lipinski definition) is 6. The van der Waals surface area contributed by atoms with E-state index >= 15 is 0 Å². The van der Waals surface area contributed by atoms with Gasteiger partial charge in [0.2, 0.25) is 11.8 Å². The Kier molecular flexibility index (Phi) is 6.59. The van der Waals surface area contributed by atoms with E-state index in [1.54, 1.807) is 61.5 Å². The summed E-state index contributed by atoms with van der Waals surface area (Å²) in [6.45, 7) is 1.60. The lowest BCUT2D eigenvalue weighted by Gasteiger charge is -2.42. The minimum absolute atomic E-state index is 0.0384. The van der Waals surface area contributed by atoms with Crippen molar-refractivity contribution in [2.24, 2.45) is 17.8 Å². The second-order valence-corrected chi connectivity index (χ2v) is 12.1. The molecule has 2 amide bonds. The molecule has 0 unspecified atom stereocenters. The lowest BCUT2D eigenvalue weighted by atomic mass is 9.59. The van der Waals surface area contributed by atoms with E-state index in [1.165, 1.54) is 23.1 Å². The molecule has 1 fully saturated rings. The van der Waals surface area contributed by atoms with Gasteiger partial charge in [0.25, 0.3) is 0 Å². The van der Waals surface area contributed by atoms with Crippen molar-refractivity contribution < 1.29 is 29.1 Å². The van der Waals surface area contributed by atoms with Gasteiger partial charge in [-0.3, -0.25) is 28.9 Å². The highest BCUT2D eigenvalue weighted by Gasteiger charge is 2.56. The van der Waals surface area contributed by atoms with Crippen LogP contribution in [-0.2, 0) is 19.2 Å². The Morgan fingerprint density at radius 3 is 2.30 bits per heavy atom. The van der Waals surface area contributed by atoms with Crippen LogP contribution in [0.15, 0.2) is 107 Å². The summed E-state index contributed by atoms with van der Waals surface area (Å²) in [7, 11) is 0. The zero-order valence-electron chi connectivity index (χ0n) is 23.6. The van der Waals surface area contributed by atoms with Gasteiger partial charge in [0.05, 0.1) is 17.5 Å². The molecule has 44 heavy (non-hydrogen) atoms. The number of carbonyl (C=O) groups is 5. The van der Waals surface area contributed by atoms with Gasteiger partial charge in [0.1, 0.15) is 5.75 Å². The maximum atomic E-state index is 14.1. The zero-order valence-corrected chi connectivity index (χ0v) is 24.4. The molecule has 0 spiro atoms. The zero-order chi connectivity index (χ0) is 30.9. The number of phenols is 1. The van der Waals surface area contributed by atoms with Crippen LogP contribution >= 0.6 is 11.6 Å². The number of rotatable bonds is 4. The molecule has 8 heteroatoms. The number of carbonyl (C=O) groups excluding carboxylic acids is 5. The maximum Gasteiger partial charge on any atom is 0.238 e. The molecular weight excluding hydrogens is 578 g/mol. The van der Waals surface area contributed by atoms with Crippen LogP contribution in [0.4, 0.5) is 5.69 Å². The van der Waals surface area contributed by atoms with Crippen molar-refractivity contribution in [3.05, 3.63) is 129 Å². The highest BCUT2D eigenvalue weighted by Crippen LogP contribution is 2.56. The summed E-state index contributed by atoms with van der Waals surface area (Å²) in [5.74, 6) is -4.03. The third-order valence-electron chi connectivity index (χ3n) is 9.28. The number of amides is 2. The lowest BCUT2D eigenvalue weighted by Crippen LogP contribution is -2.39. The Morgan fingerprint density at radius 1 is 0.886 bits per heavy atom. The first-order valence-electron chi connectivity index (χ1n) is 14.4. The second kappa shape index (κ2) is 10.4. The van der Waals surface area contributed by atoms with Gasteiger partial charge in [-0.05, 0) is 73.7 Å². The molecule has 7 rings (SSSR count). The third kappa shape index (κ3) is 4.22. The van der Waals surface area contributed by atoms with E-state index in [2.05, 4.69) is 0 Å². The largest absolute Gasteiger partial charge is 0.508 e. The van der Waals surface area contributed by atoms with Crippen LogP contribution in [0.3, 0.4) is 0 Å². The molecule has 1 N–H and O–H groups in total. The van der Waals surface area contributed by atoms with Crippen LogP contribution < -0.4 is 4.90 Å². The normalized spacial score (nSPS) is 24.5. The molecule has 1 aliphatic heterocycles. The van der Waals surface area contributed by atoms with E-state index in [1.807, 2.05) is 12.1 Å². The molecular formula is C36H26ClNO6. The average molecular weight is 604 g/mol. The van der Waals surface area contributed by atoms with Gasteiger partial charge >= 0.3 is 0 Å². The van der Waals surface area contributed by atoms with Crippen LogP contribution in [0.1, 0.15) is 47.2 Å². The number of aromatic hydroxyl groups is 1. The summed E-state index contributed by atoms with van der Waals surface area (Å²) in [4.78, 5) is 68.9. The standard InChI is InChI=1S/C36H26ClNO6/c1-18-15-29(40)32-27(33(18)41)17-26-23(30(32)24-12-11-22(39)16-28(24)37)13-14-25-31(26)36(44)38(35(25)43)21-9-7-20(8-10-21)34(42)19-5-3-2-4-6-19/h2-13,15-16,25-26,30-31,39H,14,17H2,1H3/t25-,26+,30+,31-/m0/s1. The van der Waals surface area contributed by atoms with Gasteiger partial charge in [-0.2, -0.15) is 0 Å². The number of hydrogen-bond donors (Lipinski definition) is 1. The SMILES string of the molecule is CC1=CC(=O)C2=C(C[C@@H]3C(=CC[C@@H]4C(=O)N(c5ccc(C(=O)c6ccccc6)cc5)C(=O)[C@@H]43)[C@@H]2c2ccc(O)cc2Cl)C1=O. The molecule has 0 radical (unpaired) electrons. The van der Waals surface area contributed by atoms with Crippen LogP contribution in [0.5, 0.6) is 5.75 Å². The Hall–Kier alpha value is -4.88. The molecule has 218 valence electrons. The highest BCUT2D eigenvalue weighted by atomic mass is 35.5. The van der Waals surface area contributed by atoms with Gasteiger partial charge in [-0.15, -0.1) is 0 Å².